The normalized spacial score (nSPS) is 15.5. The first-order valence-corrected chi connectivity index (χ1v) is 8.78. The summed E-state index contributed by atoms with van der Waals surface area (Å²) < 4.78 is 40.1. The number of halogens is 3. The molecule has 0 bridgehead atoms. The standard InChI is InChI=1S/C19H21F3N4O/c1-13-4-2-5-14(23-13)12-25-8-3-9-26(11-10-25)19(27)24-16-7-6-15(20)17(21)18(16)22/h2,4-7H,3,8-12H2,1H3,(H,24,27). The predicted molar refractivity (Wildman–Crippen MR) is 95.8 cm³/mol. The van der Waals surface area contributed by atoms with Gasteiger partial charge >= 0.3 is 6.03 Å². The Kier molecular flexibility index (Phi) is 5.95. The largest absolute Gasteiger partial charge is 0.323 e. The quantitative estimate of drug-likeness (QED) is 0.831. The fourth-order valence-electron chi connectivity index (χ4n) is 3.07. The molecule has 1 fully saturated rings. The third-order valence-electron chi connectivity index (χ3n) is 4.48. The Morgan fingerprint density at radius 3 is 2.67 bits per heavy atom. The third kappa shape index (κ3) is 4.77. The summed E-state index contributed by atoms with van der Waals surface area (Å²) in [6.07, 6.45) is 0.750. The fourth-order valence-corrected chi connectivity index (χ4v) is 3.07. The molecule has 0 unspecified atom stereocenters. The molecule has 1 aliphatic heterocycles. The predicted octanol–water partition coefficient (Wildman–Crippen LogP) is 3.55. The molecule has 1 N–H and O–H groups in total. The van der Waals surface area contributed by atoms with Crippen molar-refractivity contribution >= 4 is 11.7 Å². The summed E-state index contributed by atoms with van der Waals surface area (Å²) in [4.78, 5) is 20.6. The lowest BCUT2D eigenvalue weighted by atomic mass is 10.3. The van der Waals surface area contributed by atoms with Gasteiger partial charge in [-0.05, 0) is 37.6 Å². The van der Waals surface area contributed by atoms with E-state index in [1.165, 1.54) is 0 Å². The van der Waals surface area contributed by atoms with Crippen molar-refractivity contribution < 1.29 is 18.0 Å². The van der Waals surface area contributed by atoms with E-state index < -0.39 is 23.5 Å². The number of nitrogens with zero attached hydrogens (tertiary/aromatic N) is 3. The second kappa shape index (κ2) is 8.39. The zero-order valence-corrected chi connectivity index (χ0v) is 15.0. The molecule has 3 rings (SSSR count). The van der Waals surface area contributed by atoms with Crippen molar-refractivity contribution in [3.8, 4) is 0 Å². The van der Waals surface area contributed by atoms with E-state index in [0.29, 0.717) is 26.2 Å². The lowest BCUT2D eigenvalue weighted by Gasteiger charge is -2.22. The number of anilines is 1. The summed E-state index contributed by atoms with van der Waals surface area (Å²) in [6.45, 7) is 5.02. The first-order chi connectivity index (χ1) is 12.9. The van der Waals surface area contributed by atoms with Crippen LogP contribution in [0, 0.1) is 24.4 Å². The Morgan fingerprint density at radius 2 is 1.89 bits per heavy atom. The van der Waals surface area contributed by atoms with E-state index in [9.17, 15) is 18.0 Å². The Hall–Kier alpha value is -2.61. The molecular formula is C19H21F3N4O. The second-order valence-corrected chi connectivity index (χ2v) is 6.54. The number of carbonyl (C=O) groups excluding carboxylic acids is 1. The van der Waals surface area contributed by atoms with E-state index in [0.717, 1.165) is 36.5 Å². The zero-order chi connectivity index (χ0) is 19.4. The van der Waals surface area contributed by atoms with Gasteiger partial charge in [-0.15, -0.1) is 0 Å². The number of pyridine rings is 1. The highest BCUT2D eigenvalue weighted by Crippen LogP contribution is 2.20. The number of rotatable bonds is 3. The van der Waals surface area contributed by atoms with Gasteiger partial charge in [0.05, 0.1) is 11.4 Å². The van der Waals surface area contributed by atoms with Crippen LogP contribution in [0.1, 0.15) is 17.8 Å². The molecule has 0 spiro atoms. The van der Waals surface area contributed by atoms with Crippen molar-refractivity contribution in [1.82, 2.24) is 14.8 Å². The Labute approximate surface area is 155 Å². The molecule has 2 aromatic rings. The zero-order valence-electron chi connectivity index (χ0n) is 15.0. The minimum absolute atomic E-state index is 0.371. The van der Waals surface area contributed by atoms with Crippen molar-refractivity contribution in [1.29, 1.82) is 0 Å². The van der Waals surface area contributed by atoms with Crippen LogP contribution in [0.3, 0.4) is 0 Å². The summed E-state index contributed by atoms with van der Waals surface area (Å²) in [5.74, 6) is -4.29. The van der Waals surface area contributed by atoms with Crippen molar-refractivity contribution in [3.05, 3.63) is 59.2 Å². The molecule has 144 valence electrons. The number of hydrogen-bond acceptors (Lipinski definition) is 3. The van der Waals surface area contributed by atoms with Gasteiger partial charge in [0.2, 0.25) is 0 Å². The maximum Gasteiger partial charge on any atom is 0.321 e. The van der Waals surface area contributed by atoms with Crippen LogP contribution in [0.25, 0.3) is 0 Å². The van der Waals surface area contributed by atoms with Crippen LogP contribution in [0.4, 0.5) is 23.7 Å². The highest BCUT2D eigenvalue weighted by Gasteiger charge is 2.22. The van der Waals surface area contributed by atoms with E-state index in [1.54, 1.807) is 4.90 Å². The van der Waals surface area contributed by atoms with E-state index >= 15 is 0 Å². The minimum atomic E-state index is -1.60. The molecule has 2 amide bonds. The Morgan fingerprint density at radius 1 is 1.07 bits per heavy atom. The molecule has 5 nitrogen and oxygen atoms in total. The molecular weight excluding hydrogens is 357 g/mol. The number of nitrogens with one attached hydrogen (secondary N) is 1. The van der Waals surface area contributed by atoms with Gasteiger partial charge in [-0.25, -0.2) is 18.0 Å². The number of carbonyl (C=O) groups is 1. The van der Waals surface area contributed by atoms with Gasteiger partial charge in [0, 0.05) is 38.4 Å². The van der Waals surface area contributed by atoms with Crippen LogP contribution < -0.4 is 5.32 Å². The number of urea groups is 1. The van der Waals surface area contributed by atoms with Crippen molar-refractivity contribution in [2.24, 2.45) is 0 Å². The van der Waals surface area contributed by atoms with E-state index in [2.05, 4.69) is 15.2 Å². The van der Waals surface area contributed by atoms with Gasteiger partial charge < -0.3 is 10.2 Å². The van der Waals surface area contributed by atoms with Crippen LogP contribution in [0.5, 0.6) is 0 Å². The summed E-state index contributed by atoms with van der Waals surface area (Å²) in [7, 11) is 0. The van der Waals surface area contributed by atoms with E-state index in [1.807, 2.05) is 25.1 Å². The Balaban J connectivity index is 1.59. The number of hydrogen-bond donors (Lipinski definition) is 1. The molecule has 2 heterocycles. The lowest BCUT2D eigenvalue weighted by Crippen LogP contribution is -2.38. The van der Waals surface area contributed by atoms with Crippen molar-refractivity contribution in [3.63, 3.8) is 0 Å². The fraction of sp³-hybridized carbons (Fsp3) is 0.368. The number of aryl methyl sites for hydroxylation is 1. The Bertz CT molecular complexity index is 831. The van der Waals surface area contributed by atoms with Gasteiger partial charge in [-0.3, -0.25) is 9.88 Å². The highest BCUT2D eigenvalue weighted by atomic mass is 19.2. The molecule has 1 aromatic heterocycles. The van der Waals surface area contributed by atoms with Crippen LogP contribution in [-0.2, 0) is 6.54 Å². The molecule has 1 aliphatic rings. The first-order valence-electron chi connectivity index (χ1n) is 8.78. The lowest BCUT2D eigenvalue weighted by molar-refractivity contribution is 0.210. The SMILES string of the molecule is Cc1cccc(CN2CCCN(C(=O)Nc3ccc(F)c(F)c3F)CC2)n1. The molecule has 1 aromatic carbocycles. The van der Waals surface area contributed by atoms with Gasteiger partial charge in [0.15, 0.2) is 17.5 Å². The van der Waals surface area contributed by atoms with Crippen molar-refractivity contribution in [2.45, 2.75) is 19.9 Å². The summed E-state index contributed by atoms with van der Waals surface area (Å²) >= 11 is 0. The topological polar surface area (TPSA) is 48.5 Å². The molecule has 0 radical (unpaired) electrons. The monoisotopic (exact) mass is 378 g/mol. The summed E-state index contributed by atoms with van der Waals surface area (Å²) in [5.41, 5.74) is 1.55. The maximum atomic E-state index is 13.7. The van der Waals surface area contributed by atoms with Crippen LogP contribution in [0.2, 0.25) is 0 Å². The molecule has 1 saturated heterocycles. The van der Waals surface area contributed by atoms with Crippen LogP contribution in [0.15, 0.2) is 30.3 Å². The van der Waals surface area contributed by atoms with Crippen LogP contribution >= 0.6 is 0 Å². The number of aromatic nitrogens is 1. The van der Waals surface area contributed by atoms with Gasteiger partial charge in [0.25, 0.3) is 0 Å². The summed E-state index contributed by atoms with van der Waals surface area (Å²) in [5, 5.41) is 2.32. The minimum Gasteiger partial charge on any atom is -0.323 e. The number of amides is 2. The first kappa shape index (κ1) is 19.2. The molecule has 0 atom stereocenters. The van der Waals surface area contributed by atoms with E-state index in [4.69, 9.17) is 0 Å². The molecule has 8 heteroatoms. The van der Waals surface area contributed by atoms with Gasteiger partial charge in [-0.2, -0.15) is 0 Å². The summed E-state index contributed by atoms with van der Waals surface area (Å²) in [6, 6.07) is 7.14. The average Bonchev–Trinajstić information content (AvgIpc) is 2.88. The second-order valence-electron chi connectivity index (χ2n) is 6.54. The molecule has 0 saturated carbocycles. The molecule has 0 aliphatic carbocycles. The maximum absolute atomic E-state index is 13.7. The third-order valence-corrected chi connectivity index (χ3v) is 4.48. The molecule has 27 heavy (non-hydrogen) atoms. The van der Waals surface area contributed by atoms with Crippen LogP contribution in [-0.4, -0.2) is 47.0 Å². The van der Waals surface area contributed by atoms with E-state index in [-0.39, 0.29) is 5.69 Å². The van der Waals surface area contributed by atoms with Gasteiger partial charge in [0.1, 0.15) is 0 Å². The number of benzene rings is 1. The van der Waals surface area contributed by atoms with Gasteiger partial charge in [-0.1, -0.05) is 6.07 Å². The van der Waals surface area contributed by atoms with Crippen molar-refractivity contribution in [2.75, 3.05) is 31.5 Å². The average molecular weight is 378 g/mol. The smallest absolute Gasteiger partial charge is 0.321 e. The highest BCUT2D eigenvalue weighted by molar-refractivity contribution is 5.89.